The lowest BCUT2D eigenvalue weighted by atomic mass is 10.1. The molecule has 2 aromatic carbocycles. The molecule has 2 bridgehead atoms. The lowest BCUT2D eigenvalue weighted by molar-refractivity contribution is 0.0592. The summed E-state index contributed by atoms with van der Waals surface area (Å²) in [4.78, 5) is 62.4. The van der Waals surface area contributed by atoms with E-state index in [1.54, 1.807) is 0 Å². The molecule has 0 aromatic heterocycles. The fourth-order valence-electron chi connectivity index (χ4n) is 3.47. The largest absolute Gasteiger partial charge is 0.465 e. The van der Waals surface area contributed by atoms with Crippen LogP contribution < -0.4 is 21.3 Å². The van der Waals surface area contributed by atoms with Crippen LogP contribution in [-0.4, -0.2) is 57.1 Å². The number of benzene rings is 2. The topological polar surface area (TPSA) is 152 Å². The number of carbonyl (C=O) groups is 5. The molecule has 4 amide bonds. The van der Waals surface area contributed by atoms with Gasteiger partial charge in [-0.1, -0.05) is 0 Å². The molecule has 11 nitrogen and oxygen atoms in total. The fourth-order valence-corrected chi connectivity index (χ4v) is 3.47. The summed E-state index contributed by atoms with van der Waals surface area (Å²) in [5, 5.41) is 10.6. The van der Waals surface area contributed by atoms with Gasteiger partial charge in [-0.25, -0.2) is 14.4 Å². The van der Waals surface area contributed by atoms with Crippen molar-refractivity contribution < 1.29 is 33.4 Å². The maximum absolute atomic E-state index is 12.9. The van der Waals surface area contributed by atoms with Crippen molar-refractivity contribution in [1.82, 2.24) is 10.6 Å². The first-order valence-corrected chi connectivity index (χ1v) is 10.9. The summed E-state index contributed by atoms with van der Waals surface area (Å²) in [5.74, 6) is -2.17. The molecule has 1 aliphatic heterocycles. The molecule has 3 rings (SSSR count). The van der Waals surface area contributed by atoms with Gasteiger partial charge in [0.2, 0.25) is 0 Å². The molecule has 1 aliphatic rings. The minimum Gasteiger partial charge on any atom is -0.465 e. The predicted octanol–water partition coefficient (Wildman–Crippen LogP) is 2.55. The SMILES string of the molecule is COC(=O)c1ccc2c(c1)NC(=O)Nc1cc(ccc1C(=O)OC)C(=O)NCCCCCNC2=O. The van der Waals surface area contributed by atoms with Crippen molar-refractivity contribution in [1.29, 1.82) is 0 Å². The average molecular weight is 482 g/mol. The van der Waals surface area contributed by atoms with Crippen LogP contribution >= 0.6 is 0 Å². The van der Waals surface area contributed by atoms with Gasteiger partial charge in [0.1, 0.15) is 0 Å². The third kappa shape index (κ3) is 6.34. The lowest BCUT2D eigenvalue weighted by Gasteiger charge is -2.15. The van der Waals surface area contributed by atoms with Crippen LogP contribution in [0.2, 0.25) is 0 Å². The number of carbonyl (C=O) groups excluding carboxylic acids is 5. The van der Waals surface area contributed by atoms with E-state index in [1.165, 1.54) is 50.6 Å². The molecule has 0 saturated carbocycles. The first-order chi connectivity index (χ1) is 16.8. The summed E-state index contributed by atoms with van der Waals surface area (Å²) >= 11 is 0. The van der Waals surface area contributed by atoms with E-state index in [0.29, 0.717) is 25.9 Å². The number of anilines is 2. The zero-order valence-corrected chi connectivity index (χ0v) is 19.4. The maximum Gasteiger partial charge on any atom is 0.339 e. The van der Waals surface area contributed by atoms with Crippen LogP contribution in [0.25, 0.3) is 0 Å². The Morgan fingerprint density at radius 2 is 1.40 bits per heavy atom. The van der Waals surface area contributed by atoms with Crippen LogP contribution in [0.1, 0.15) is 60.7 Å². The third-order valence-corrected chi connectivity index (χ3v) is 5.29. The maximum atomic E-state index is 12.9. The highest BCUT2D eigenvalue weighted by atomic mass is 16.5. The number of hydrogen-bond acceptors (Lipinski definition) is 7. The van der Waals surface area contributed by atoms with E-state index in [4.69, 9.17) is 9.47 Å². The minimum absolute atomic E-state index is 0.0263. The first-order valence-electron chi connectivity index (χ1n) is 10.9. The minimum atomic E-state index is -0.812. The van der Waals surface area contributed by atoms with E-state index in [0.717, 1.165) is 6.42 Å². The Balaban J connectivity index is 2.01. The van der Waals surface area contributed by atoms with Crippen LogP contribution in [0.5, 0.6) is 0 Å². The van der Waals surface area contributed by atoms with Gasteiger partial charge in [0, 0.05) is 18.7 Å². The predicted molar refractivity (Wildman–Crippen MR) is 127 cm³/mol. The standard InChI is InChI=1S/C24H26N4O7/c1-34-22(31)15-7-8-16-18(13-15)27-24(33)28-19-12-14(6-9-17(19)23(32)35-2)20(29)25-10-4-3-5-11-26-21(16)30/h6-9,12-13H,3-5,10-11H2,1-2H3,(H,25,29)(H,26,30)(H2,27,28,33). The summed E-state index contributed by atoms with van der Waals surface area (Å²) in [7, 11) is 2.41. The second-order valence-corrected chi connectivity index (χ2v) is 7.66. The second-order valence-electron chi connectivity index (χ2n) is 7.66. The molecule has 0 atom stereocenters. The highest BCUT2D eigenvalue weighted by Gasteiger charge is 2.20. The van der Waals surface area contributed by atoms with E-state index in [2.05, 4.69) is 21.3 Å². The summed E-state index contributed by atoms with van der Waals surface area (Å²) in [5.41, 5.74) is 0.609. The molecule has 0 saturated heterocycles. The van der Waals surface area contributed by atoms with Crippen molar-refractivity contribution in [3.63, 3.8) is 0 Å². The van der Waals surface area contributed by atoms with Gasteiger partial charge in [-0.15, -0.1) is 0 Å². The van der Waals surface area contributed by atoms with Crippen LogP contribution in [-0.2, 0) is 9.47 Å². The van der Waals surface area contributed by atoms with E-state index < -0.39 is 23.9 Å². The number of ether oxygens (including phenoxy) is 2. The molecule has 0 aliphatic carbocycles. The van der Waals surface area contributed by atoms with Crippen molar-refractivity contribution in [3.8, 4) is 0 Å². The molecule has 1 heterocycles. The molecule has 0 spiro atoms. The van der Waals surface area contributed by atoms with Gasteiger partial charge in [-0.3, -0.25) is 9.59 Å². The smallest absolute Gasteiger partial charge is 0.339 e. The highest BCUT2D eigenvalue weighted by Crippen LogP contribution is 2.22. The van der Waals surface area contributed by atoms with Gasteiger partial charge in [-0.05, 0) is 55.7 Å². The van der Waals surface area contributed by atoms with E-state index in [1.807, 2.05) is 0 Å². The lowest BCUT2D eigenvalue weighted by Crippen LogP contribution is -2.28. The molecule has 4 N–H and O–H groups in total. The van der Waals surface area contributed by atoms with Crippen LogP contribution in [0.15, 0.2) is 36.4 Å². The van der Waals surface area contributed by atoms with Crippen LogP contribution in [0, 0.1) is 0 Å². The van der Waals surface area contributed by atoms with Gasteiger partial charge in [0.25, 0.3) is 11.8 Å². The van der Waals surface area contributed by atoms with Gasteiger partial charge in [0.15, 0.2) is 0 Å². The van der Waals surface area contributed by atoms with E-state index in [-0.39, 0.29) is 39.5 Å². The molecule has 11 heteroatoms. The third-order valence-electron chi connectivity index (χ3n) is 5.29. The van der Waals surface area contributed by atoms with Crippen molar-refractivity contribution in [2.75, 3.05) is 37.9 Å². The normalized spacial score (nSPS) is 14.7. The van der Waals surface area contributed by atoms with Crippen LogP contribution in [0.4, 0.5) is 16.2 Å². The Hall–Kier alpha value is -4.41. The number of esters is 2. The van der Waals surface area contributed by atoms with Crippen molar-refractivity contribution >= 4 is 41.2 Å². The van der Waals surface area contributed by atoms with Crippen molar-refractivity contribution in [2.24, 2.45) is 0 Å². The van der Waals surface area contributed by atoms with E-state index in [9.17, 15) is 24.0 Å². The summed E-state index contributed by atoms with van der Waals surface area (Å²) in [6, 6.07) is 7.53. The Kier molecular flexibility index (Phi) is 8.38. The molecule has 0 fully saturated rings. The summed E-state index contributed by atoms with van der Waals surface area (Å²) < 4.78 is 9.49. The van der Waals surface area contributed by atoms with Gasteiger partial charge in [0.05, 0.1) is 42.3 Å². The number of rotatable bonds is 2. The number of nitrogens with one attached hydrogen (secondary N) is 4. The average Bonchev–Trinajstić information content (AvgIpc) is 2.86. The zero-order chi connectivity index (χ0) is 25.4. The van der Waals surface area contributed by atoms with E-state index >= 15 is 0 Å². The fraction of sp³-hybridized carbons (Fsp3) is 0.292. The van der Waals surface area contributed by atoms with Crippen molar-refractivity contribution in [2.45, 2.75) is 19.3 Å². The summed E-state index contributed by atoms with van der Waals surface area (Å²) in [6.45, 7) is 0.814. The zero-order valence-electron chi connectivity index (χ0n) is 19.4. The number of hydrogen-bond donors (Lipinski definition) is 4. The number of urea groups is 1. The molecule has 35 heavy (non-hydrogen) atoms. The van der Waals surface area contributed by atoms with Crippen LogP contribution in [0.3, 0.4) is 0 Å². The van der Waals surface area contributed by atoms with Gasteiger partial charge < -0.3 is 30.7 Å². The second kappa shape index (κ2) is 11.6. The Morgan fingerprint density at radius 3 is 2.09 bits per heavy atom. The molecular formula is C24H26N4O7. The molecule has 2 aromatic rings. The Labute approximate surface area is 201 Å². The first kappa shape index (κ1) is 25.2. The summed E-state index contributed by atoms with van der Waals surface area (Å²) in [6.07, 6.45) is 2.15. The Morgan fingerprint density at radius 1 is 0.743 bits per heavy atom. The molecule has 184 valence electrons. The number of methoxy groups -OCH3 is 2. The molecular weight excluding hydrogens is 456 g/mol. The number of amides is 4. The molecule has 0 unspecified atom stereocenters. The monoisotopic (exact) mass is 482 g/mol. The quantitative estimate of drug-likeness (QED) is 0.480. The number of fused-ring (bicyclic) bond motifs is 3. The molecule has 0 radical (unpaired) electrons. The van der Waals surface area contributed by atoms with Crippen molar-refractivity contribution in [3.05, 3.63) is 58.7 Å². The van der Waals surface area contributed by atoms with Gasteiger partial charge >= 0.3 is 18.0 Å². The highest BCUT2D eigenvalue weighted by molar-refractivity contribution is 6.10. The Bertz CT molecular complexity index is 1160. The van der Waals surface area contributed by atoms with Gasteiger partial charge in [-0.2, -0.15) is 0 Å².